The molecule has 3 nitrogen and oxygen atoms in total. The second kappa shape index (κ2) is 4.97. The highest BCUT2D eigenvalue weighted by Crippen LogP contribution is 2.37. The number of hydrogen-bond acceptors (Lipinski definition) is 3. The van der Waals surface area contributed by atoms with Crippen molar-refractivity contribution in [3.63, 3.8) is 0 Å². The molecule has 1 aromatic rings. The fourth-order valence-corrected chi connectivity index (χ4v) is 3.03. The van der Waals surface area contributed by atoms with Gasteiger partial charge in [0.15, 0.2) is 0 Å². The number of halogens is 1. The van der Waals surface area contributed by atoms with Crippen LogP contribution in [0.15, 0.2) is 18.2 Å². The van der Waals surface area contributed by atoms with Gasteiger partial charge < -0.3 is 15.5 Å². The Bertz CT molecular complexity index is 462. The van der Waals surface area contributed by atoms with Gasteiger partial charge in [-0.25, -0.2) is 0 Å². The average Bonchev–Trinajstić information content (AvgIpc) is 3.08. The first kappa shape index (κ1) is 13.2. The quantitative estimate of drug-likeness (QED) is 0.920. The Morgan fingerprint density at radius 2 is 1.89 bits per heavy atom. The van der Waals surface area contributed by atoms with E-state index < -0.39 is 0 Å². The number of likely N-dealkylation sites (N-methyl/N-ethyl adjacent to an activating group) is 1. The summed E-state index contributed by atoms with van der Waals surface area (Å²) in [6.45, 7) is 4.31. The first-order valence-corrected chi connectivity index (χ1v) is 7.44. The van der Waals surface area contributed by atoms with Crippen molar-refractivity contribution in [1.29, 1.82) is 0 Å². The number of hydrogen-bond donors (Lipinski definition) is 1. The van der Waals surface area contributed by atoms with E-state index in [1.54, 1.807) is 0 Å². The zero-order chi connectivity index (χ0) is 13.5. The van der Waals surface area contributed by atoms with E-state index in [1.807, 2.05) is 0 Å². The second-order valence-electron chi connectivity index (χ2n) is 6.12. The standard InChI is InChI=1S/C15H22ClN3/c1-18-6-8-19(9-7-18)14-3-2-12(10-13(14)16)11-15(17)4-5-15/h2-3,10H,4-9,11,17H2,1H3. The molecule has 0 unspecified atom stereocenters. The van der Waals surface area contributed by atoms with Crippen molar-refractivity contribution in [2.75, 3.05) is 38.1 Å². The third-order valence-corrected chi connectivity index (χ3v) is 4.61. The number of anilines is 1. The molecule has 3 rings (SSSR count). The monoisotopic (exact) mass is 279 g/mol. The van der Waals surface area contributed by atoms with Gasteiger partial charge in [0.1, 0.15) is 0 Å². The maximum absolute atomic E-state index is 6.45. The van der Waals surface area contributed by atoms with E-state index in [-0.39, 0.29) is 5.54 Å². The maximum Gasteiger partial charge on any atom is 0.0642 e. The molecule has 4 heteroatoms. The van der Waals surface area contributed by atoms with Crippen LogP contribution in [0.3, 0.4) is 0 Å². The summed E-state index contributed by atoms with van der Waals surface area (Å²) in [4.78, 5) is 4.73. The lowest BCUT2D eigenvalue weighted by Gasteiger charge is -2.34. The molecule has 1 aliphatic carbocycles. The molecule has 0 radical (unpaired) electrons. The van der Waals surface area contributed by atoms with Crippen molar-refractivity contribution in [1.82, 2.24) is 4.90 Å². The van der Waals surface area contributed by atoms with E-state index in [9.17, 15) is 0 Å². The van der Waals surface area contributed by atoms with Crippen molar-refractivity contribution in [3.05, 3.63) is 28.8 Å². The number of nitrogens with zero attached hydrogens (tertiary/aromatic N) is 2. The molecule has 1 aromatic carbocycles. The molecule has 1 saturated carbocycles. The van der Waals surface area contributed by atoms with Crippen LogP contribution in [0.1, 0.15) is 18.4 Å². The van der Waals surface area contributed by atoms with E-state index in [4.69, 9.17) is 17.3 Å². The van der Waals surface area contributed by atoms with Crippen molar-refractivity contribution < 1.29 is 0 Å². The highest BCUT2D eigenvalue weighted by molar-refractivity contribution is 6.33. The summed E-state index contributed by atoms with van der Waals surface area (Å²) in [5, 5.41) is 0.867. The topological polar surface area (TPSA) is 32.5 Å². The summed E-state index contributed by atoms with van der Waals surface area (Å²) < 4.78 is 0. The molecule has 2 N–H and O–H groups in total. The molecule has 0 spiro atoms. The highest BCUT2D eigenvalue weighted by Gasteiger charge is 2.38. The highest BCUT2D eigenvalue weighted by atomic mass is 35.5. The minimum Gasteiger partial charge on any atom is -0.368 e. The molecular formula is C15H22ClN3. The van der Waals surface area contributed by atoms with E-state index in [2.05, 4.69) is 35.0 Å². The Labute approximate surface area is 120 Å². The Hall–Kier alpha value is -0.770. The van der Waals surface area contributed by atoms with Crippen molar-refractivity contribution in [2.24, 2.45) is 5.73 Å². The zero-order valence-electron chi connectivity index (χ0n) is 11.5. The van der Waals surface area contributed by atoms with Crippen molar-refractivity contribution in [2.45, 2.75) is 24.8 Å². The molecule has 104 valence electrons. The third kappa shape index (κ3) is 3.04. The van der Waals surface area contributed by atoms with Crippen LogP contribution in [0.2, 0.25) is 5.02 Å². The molecule has 19 heavy (non-hydrogen) atoms. The van der Waals surface area contributed by atoms with Gasteiger partial charge in [-0.15, -0.1) is 0 Å². The summed E-state index contributed by atoms with van der Waals surface area (Å²) in [5.74, 6) is 0. The number of nitrogens with two attached hydrogens (primary N) is 1. The minimum absolute atomic E-state index is 0.0542. The molecule has 0 aromatic heterocycles. The van der Waals surface area contributed by atoms with Gasteiger partial charge in [0.25, 0.3) is 0 Å². The van der Waals surface area contributed by atoms with Gasteiger partial charge in [-0.1, -0.05) is 17.7 Å². The number of piperazine rings is 1. The van der Waals surface area contributed by atoms with Crippen molar-refractivity contribution in [3.8, 4) is 0 Å². The van der Waals surface area contributed by atoms with Gasteiger partial charge in [0.2, 0.25) is 0 Å². The van der Waals surface area contributed by atoms with Crippen LogP contribution in [0.25, 0.3) is 0 Å². The fraction of sp³-hybridized carbons (Fsp3) is 0.600. The first-order chi connectivity index (χ1) is 9.06. The van der Waals surface area contributed by atoms with Crippen LogP contribution in [0, 0.1) is 0 Å². The van der Waals surface area contributed by atoms with E-state index >= 15 is 0 Å². The fourth-order valence-electron chi connectivity index (χ4n) is 2.71. The number of rotatable bonds is 3. The third-order valence-electron chi connectivity index (χ3n) is 4.30. The lowest BCUT2D eigenvalue weighted by atomic mass is 10.0. The summed E-state index contributed by atoms with van der Waals surface area (Å²) in [6.07, 6.45) is 3.24. The smallest absolute Gasteiger partial charge is 0.0642 e. The Balaban J connectivity index is 1.72. The van der Waals surface area contributed by atoms with Crippen LogP contribution in [0.4, 0.5) is 5.69 Å². The lowest BCUT2D eigenvalue weighted by Crippen LogP contribution is -2.44. The summed E-state index contributed by atoms with van der Waals surface area (Å²) in [5.41, 5.74) is 8.65. The molecular weight excluding hydrogens is 258 g/mol. The van der Waals surface area contributed by atoms with Crippen LogP contribution >= 0.6 is 11.6 Å². The predicted octanol–water partition coefficient (Wildman–Crippen LogP) is 2.13. The molecule has 2 fully saturated rings. The Morgan fingerprint density at radius 1 is 1.21 bits per heavy atom. The molecule has 1 heterocycles. The number of benzene rings is 1. The summed E-state index contributed by atoms with van der Waals surface area (Å²) in [7, 11) is 2.17. The van der Waals surface area contributed by atoms with E-state index in [0.29, 0.717) is 0 Å². The molecule has 1 aliphatic heterocycles. The first-order valence-electron chi connectivity index (χ1n) is 7.07. The average molecular weight is 280 g/mol. The van der Waals surface area contributed by atoms with Crippen LogP contribution in [-0.2, 0) is 6.42 Å². The van der Waals surface area contributed by atoms with Gasteiger partial charge in [0.05, 0.1) is 10.7 Å². The molecule has 2 aliphatic rings. The van der Waals surface area contributed by atoms with Gasteiger partial charge >= 0.3 is 0 Å². The SMILES string of the molecule is CN1CCN(c2ccc(CC3(N)CC3)cc2Cl)CC1. The zero-order valence-corrected chi connectivity index (χ0v) is 12.3. The van der Waals surface area contributed by atoms with Gasteiger partial charge in [-0.2, -0.15) is 0 Å². The van der Waals surface area contributed by atoms with Crippen LogP contribution < -0.4 is 10.6 Å². The van der Waals surface area contributed by atoms with E-state index in [0.717, 1.165) is 50.5 Å². The van der Waals surface area contributed by atoms with Crippen molar-refractivity contribution >= 4 is 17.3 Å². The second-order valence-corrected chi connectivity index (χ2v) is 6.52. The maximum atomic E-state index is 6.45. The van der Waals surface area contributed by atoms with Gasteiger partial charge in [-0.05, 0) is 44.0 Å². The van der Waals surface area contributed by atoms with Crippen LogP contribution in [-0.4, -0.2) is 43.7 Å². The molecule has 0 bridgehead atoms. The molecule has 0 amide bonds. The summed E-state index contributed by atoms with van der Waals surface area (Å²) in [6, 6.07) is 6.45. The summed E-state index contributed by atoms with van der Waals surface area (Å²) >= 11 is 6.45. The predicted molar refractivity (Wildman–Crippen MR) is 81.0 cm³/mol. The van der Waals surface area contributed by atoms with Crippen LogP contribution in [0.5, 0.6) is 0 Å². The van der Waals surface area contributed by atoms with E-state index in [1.165, 1.54) is 11.3 Å². The Morgan fingerprint density at radius 3 is 2.47 bits per heavy atom. The largest absolute Gasteiger partial charge is 0.368 e. The normalized spacial score (nSPS) is 22.6. The molecule has 0 atom stereocenters. The van der Waals surface area contributed by atoms with Gasteiger partial charge in [-0.3, -0.25) is 0 Å². The van der Waals surface area contributed by atoms with Gasteiger partial charge in [0, 0.05) is 31.7 Å². The molecule has 1 saturated heterocycles. The Kier molecular flexibility index (Phi) is 3.46. The lowest BCUT2D eigenvalue weighted by molar-refractivity contribution is 0.313. The minimum atomic E-state index is 0.0542.